The molecule has 8 heteroatoms. The monoisotopic (exact) mass is 467 g/mol. The van der Waals surface area contributed by atoms with E-state index in [1.54, 1.807) is 4.90 Å². The summed E-state index contributed by atoms with van der Waals surface area (Å²) in [6.45, 7) is 1.60. The first kappa shape index (κ1) is 23.3. The topological polar surface area (TPSA) is 93.7 Å². The molecule has 2 N–H and O–H groups in total. The molecule has 1 aromatic rings. The molecule has 0 spiro atoms. The maximum Gasteiger partial charge on any atom is 0.241 e. The van der Waals surface area contributed by atoms with E-state index in [4.69, 9.17) is 5.73 Å². The number of piperazine rings is 1. The molecule has 3 saturated heterocycles. The van der Waals surface area contributed by atoms with Crippen molar-refractivity contribution in [3.63, 3.8) is 0 Å². The summed E-state index contributed by atoms with van der Waals surface area (Å²) in [7, 11) is 0. The summed E-state index contributed by atoms with van der Waals surface area (Å²) in [4.78, 5) is 32.3. The lowest BCUT2D eigenvalue weighted by Gasteiger charge is -2.43. The van der Waals surface area contributed by atoms with Gasteiger partial charge in [0.1, 0.15) is 11.9 Å². The summed E-state index contributed by atoms with van der Waals surface area (Å²) in [6, 6.07) is 7.52. The van der Waals surface area contributed by atoms with Crippen LogP contribution in [0, 0.1) is 23.1 Å². The minimum absolute atomic E-state index is 0.0261. The Bertz CT molecular complexity index is 957. The number of benzene rings is 1. The van der Waals surface area contributed by atoms with Crippen molar-refractivity contribution in [1.82, 2.24) is 14.7 Å². The number of likely N-dealkylation sites (tertiary alicyclic amines) is 3. The summed E-state index contributed by atoms with van der Waals surface area (Å²) in [5, 5.41) is 9.30. The summed E-state index contributed by atoms with van der Waals surface area (Å²) in [6.07, 6.45) is 8.01. The van der Waals surface area contributed by atoms with Crippen LogP contribution in [0.2, 0.25) is 0 Å². The van der Waals surface area contributed by atoms with Crippen molar-refractivity contribution in [2.75, 3.05) is 19.6 Å². The Morgan fingerprint density at radius 3 is 2.56 bits per heavy atom. The van der Waals surface area contributed by atoms with Crippen LogP contribution < -0.4 is 5.73 Å². The highest BCUT2D eigenvalue weighted by Crippen LogP contribution is 2.45. The smallest absolute Gasteiger partial charge is 0.241 e. The molecule has 2 amide bonds. The predicted octanol–water partition coefficient (Wildman–Crippen LogP) is 2.57. The second-order valence-electron chi connectivity index (χ2n) is 10.4. The number of nitriles is 1. The zero-order valence-electron chi connectivity index (χ0n) is 19.6. The van der Waals surface area contributed by atoms with E-state index in [1.165, 1.54) is 31.4 Å². The molecule has 5 rings (SSSR count). The van der Waals surface area contributed by atoms with Gasteiger partial charge in [0.05, 0.1) is 24.2 Å². The van der Waals surface area contributed by atoms with Gasteiger partial charge in [-0.3, -0.25) is 14.5 Å². The molecule has 34 heavy (non-hydrogen) atoms. The van der Waals surface area contributed by atoms with Crippen LogP contribution >= 0.6 is 0 Å². The minimum atomic E-state index is -0.735. The summed E-state index contributed by atoms with van der Waals surface area (Å²) in [5.74, 6) is 0.0363. The zero-order chi connectivity index (χ0) is 23.8. The predicted molar refractivity (Wildman–Crippen MR) is 125 cm³/mol. The van der Waals surface area contributed by atoms with Gasteiger partial charge in [0, 0.05) is 25.7 Å². The Morgan fingerprint density at radius 1 is 1.15 bits per heavy atom. The fourth-order valence-corrected chi connectivity index (χ4v) is 6.73. The number of amides is 2. The van der Waals surface area contributed by atoms with Gasteiger partial charge in [0.25, 0.3) is 0 Å². The van der Waals surface area contributed by atoms with Crippen LogP contribution in [0.15, 0.2) is 24.3 Å². The standard InChI is InChI=1S/C26H34FN5O2/c27-19-10-8-18(9-11-19)24(17-5-2-1-3-6-17)32-21-13-23(26(32)34)30(15-21)16-22(29)25(33)31-12-4-7-20(31)14-28/h8-11,17,20-24H,1-7,12-13,15-16,29H2/t20?,21-,22?,23?,24-/m0/s1. The number of hydrogen-bond acceptors (Lipinski definition) is 5. The van der Waals surface area contributed by atoms with Gasteiger partial charge in [-0.25, -0.2) is 4.39 Å². The van der Waals surface area contributed by atoms with E-state index in [1.807, 2.05) is 12.1 Å². The minimum Gasteiger partial charge on any atom is -0.330 e. The average molecular weight is 468 g/mol. The van der Waals surface area contributed by atoms with E-state index in [9.17, 15) is 19.2 Å². The van der Waals surface area contributed by atoms with Crippen molar-refractivity contribution in [2.24, 2.45) is 11.7 Å². The molecular weight excluding hydrogens is 433 g/mol. The summed E-state index contributed by atoms with van der Waals surface area (Å²) < 4.78 is 13.6. The van der Waals surface area contributed by atoms with Gasteiger partial charge in [-0.1, -0.05) is 31.4 Å². The molecule has 0 aromatic heterocycles. The summed E-state index contributed by atoms with van der Waals surface area (Å²) in [5.41, 5.74) is 7.30. The Morgan fingerprint density at radius 2 is 1.88 bits per heavy atom. The quantitative estimate of drug-likeness (QED) is 0.694. The third-order valence-electron chi connectivity index (χ3n) is 8.36. The highest BCUT2D eigenvalue weighted by Gasteiger charge is 2.53. The number of hydrogen-bond donors (Lipinski definition) is 1. The SMILES string of the molecule is N#CC1CCCN1C(=O)C(N)CN1C[C@@H]2CC1C(=O)N2[C@H](c1ccc(F)cc1)C1CCCCC1. The van der Waals surface area contributed by atoms with Crippen LogP contribution in [-0.4, -0.2) is 70.3 Å². The van der Waals surface area contributed by atoms with Gasteiger partial charge in [0.15, 0.2) is 0 Å². The largest absolute Gasteiger partial charge is 0.330 e. The molecule has 0 radical (unpaired) electrons. The lowest BCUT2D eigenvalue weighted by Crippen LogP contribution is -2.57. The second-order valence-corrected chi connectivity index (χ2v) is 10.4. The number of nitrogens with two attached hydrogens (primary N) is 1. The number of halogens is 1. The highest BCUT2D eigenvalue weighted by atomic mass is 19.1. The molecule has 3 aliphatic heterocycles. The summed E-state index contributed by atoms with van der Waals surface area (Å²) >= 11 is 0. The third-order valence-corrected chi connectivity index (χ3v) is 8.36. The second kappa shape index (κ2) is 9.63. The van der Waals surface area contributed by atoms with E-state index < -0.39 is 12.1 Å². The van der Waals surface area contributed by atoms with Gasteiger partial charge in [0.2, 0.25) is 11.8 Å². The molecule has 5 atom stereocenters. The first-order valence-electron chi connectivity index (χ1n) is 12.8. The lowest BCUT2D eigenvalue weighted by molar-refractivity contribution is -0.142. The van der Waals surface area contributed by atoms with E-state index in [0.717, 1.165) is 31.2 Å². The molecular formula is C26H34FN5O2. The van der Waals surface area contributed by atoms with Crippen molar-refractivity contribution in [3.8, 4) is 6.07 Å². The number of nitrogens with zero attached hydrogens (tertiary/aromatic N) is 4. The Labute approximate surface area is 200 Å². The van der Waals surface area contributed by atoms with Crippen LogP contribution in [0.3, 0.4) is 0 Å². The molecule has 1 aliphatic carbocycles. The Hall–Kier alpha value is -2.50. The van der Waals surface area contributed by atoms with Gasteiger partial charge in [-0.15, -0.1) is 0 Å². The molecule has 7 nitrogen and oxygen atoms in total. The van der Waals surface area contributed by atoms with Crippen molar-refractivity contribution in [3.05, 3.63) is 35.6 Å². The molecule has 3 heterocycles. The van der Waals surface area contributed by atoms with Crippen LogP contribution in [0.4, 0.5) is 4.39 Å². The van der Waals surface area contributed by atoms with Crippen molar-refractivity contribution in [2.45, 2.75) is 81.6 Å². The maximum atomic E-state index is 13.6. The van der Waals surface area contributed by atoms with E-state index in [-0.39, 0.29) is 35.8 Å². The van der Waals surface area contributed by atoms with E-state index in [0.29, 0.717) is 32.0 Å². The van der Waals surface area contributed by atoms with Gasteiger partial charge in [-0.05, 0) is 55.7 Å². The van der Waals surface area contributed by atoms with Gasteiger partial charge in [-0.2, -0.15) is 5.26 Å². The average Bonchev–Trinajstić information content (AvgIpc) is 3.56. The third kappa shape index (κ3) is 4.20. The van der Waals surface area contributed by atoms with Crippen LogP contribution in [0.1, 0.15) is 63.0 Å². The molecule has 2 bridgehead atoms. The van der Waals surface area contributed by atoms with E-state index in [2.05, 4.69) is 15.9 Å². The molecule has 3 unspecified atom stereocenters. The molecule has 1 aromatic carbocycles. The van der Waals surface area contributed by atoms with Crippen molar-refractivity contribution >= 4 is 11.8 Å². The molecule has 4 aliphatic rings. The van der Waals surface area contributed by atoms with Gasteiger partial charge < -0.3 is 15.5 Å². The van der Waals surface area contributed by atoms with Crippen LogP contribution in [0.25, 0.3) is 0 Å². The maximum absolute atomic E-state index is 13.6. The van der Waals surface area contributed by atoms with Crippen LogP contribution in [-0.2, 0) is 9.59 Å². The van der Waals surface area contributed by atoms with Gasteiger partial charge >= 0.3 is 0 Å². The molecule has 4 fully saturated rings. The number of carbonyl (C=O) groups excluding carboxylic acids is 2. The fraction of sp³-hybridized carbons (Fsp3) is 0.654. The first-order chi connectivity index (χ1) is 16.5. The number of fused-ring (bicyclic) bond motifs is 2. The van der Waals surface area contributed by atoms with E-state index >= 15 is 0 Å². The van der Waals surface area contributed by atoms with Crippen LogP contribution in [0.5, 0.6) is 0 Å². The zero-order valence-corrected chi connectivity index (χ0v) is 19.6. The normalized spacial score (nSPS) is 29.4. The van der Waals surface area contributed by atoms with Crippen molar-refractivity contribution < 1.29 is 14.0 Å². The molecule has 1 saturated carbocycles. The highest BCUT2D eigenvalue weighted by molar-refractivity contribution is 5.87. The number of rotatable bonds is 6. The molecule has 182 valence electrons. The first-order valence-corrected chi connectivity index (χ1v) is 12.8. The van der Waals surface area contributed by atoms with Crippen molar-refractivity contribution in [1.29, 1.82) is 5.26 Å². The Balaban J connectivity index is 1.30. The fourth-order valence-electron chi connectivity index (χ4n) is 6.73. The number of carbonyl (C=O) groups is 2. The Kier molecular flexibility index (Phi) is 6.59. The lowest BCUT2D eigenvalue weighted by atomic mass is 9.80.